The SMILES string of the molecule is NC(C(=O)O)c1cccc(C2COC2)c1. The van der Waals surface area contributed by atoms with Gasteiger partial charge in [-0.05, 0) is 11.1 Å². The van der Waals surface area contributed by atoms with Crippen LogP contribution in [0.4, 0.5) is 0 Å². The minimum atomic E-state index is -1.00. The molecule has 0 aliphatic carbocycles. The third-order valence-electron chi connectivity index (χ3n) is 2.65. The van der Waals surface area contributed by atoms with Crippen LogP contribution in [0.3, 0.4) is 0 Å². The fraction of sp³-hybridized carbons (Fsp3) is 0.364. The maximum atomic E-state index is 10.7. The lowest BCUT2D eigenvalue weighted by atomic mass is 9.94. The van der Waals surface area contributed by atoms with Crippen LogP contribution in [0.15, 0.2) is 24.3 Å². The minimum absolute atomic E-state index is 0.394. The van der Waals surface area contributed by atoms with E-state index in [1.54, 1.807) is 6.07 Å². The largest absolute Gasteiger partial charge is 0.480 e. The van der Waals surface area contributed by atoms with Gasteiger partial charge in [0.25, 0.3) is 0 Å². The van der Waals surface area contributed by atoms with Crippen LogP contribution in [0.5, 0.6) is 0 Å². The zero-order valence-corrected chi connectivity index (χ0v) is 8.22. The number of ether oxygens (including phenoxy) is 1. The molecule has 0 bridgehead atoms. The number of benzene rings is 1. The molecular formula is C11H13NO3. The molecule has 1 fully saturated rings. The van der Waals surface area contributed by atoms with Crippen LogP contribution in [0.25, 0.3) is 0 Å². The summed E-state index contributed by atoms with van der Waals surface area (Å²) in [7, 11) is 0. The molecule has 1 aromatic carbocycles. The van der Waals surface area contributed by atoms with Crippen LogP contribution in [-0.4, -0.2) is 24.3 Å². The van der Waals surface area contributed by atoms with Crippen molar-refractivity contribution < 1.29 is 14.6 Å². The van der Waals surface area contributed by atoms with E-state index in [0.29, 0.717) is 24.7 Å². The molecule has 0 saturated carbocycles. The predicted octanol–water partition coefficient (Wildman–Crippen LogP) is 0.885. The third kappa shape index (κ3) is 2.00. The van der Waals surface area contributed by atoms with E-state index in [1.165, 1.54) is 0 Å². The maximum Gasteiger partial charge on any atom is 0.325 e. The molecule has 4 heteroatoms. The number of nitrogens with two attached hydrogens (primary N) is 1. The second-order valence-corrected chi connectivity index (χ2v) is 3.72. The molecular weight excluding hydrogens is 194 g/mol. The number of aliphatic carboxylic acids is 1. The minimum Gasteiger partial charge on any atom is -0.480 e. The molecule has 80 valence electrons. The first-order valence-corrected chi connectivity index (χ1v) is 4.84. The molecule has 1 aromatic rings. The smallest absolute Gasteiger partial charge is 0.325 e. The highest BCUT2D eigenvalue weighted by atomic mass is 16.5. The first-order chi connectivity index (χ1) is 7.18. The molecule has 0 amide bonds. The second-order valence-electron chi connectivity index (χ2n) is 3.72. The first-order valence-electron chi connectivity index (χ1n) is 4.84. The molecule has 1 heterocycles. The van der Waals surface area contributed by atoms with Crippen molar-refractivity contribution in [1.29, 1.82) is 0 Å². The summed E-state index contributed by atoms with van der Waals surface area (Å²) in [5, 5.41) is 8.79. The van der Waals surface area contributed by atoms with Crippen LogP contribution < -0.4 is 5.73 Å². The lowest BCUT2D eigenvalue weighted by Gasteiger charge is -2.26. The second kappa shape index (κ2) is 4.00. The van der Waals surface area contributed by atoms with Gasteiger partial charge in [0, 0.05) is 5.92 Å². The van der Waals surface area contributed by atoms with Crippen molar-refractivity contribution >= 4 is 5.97 Å². The van der Waals surface area contributed by atoms with Gasteiger partial charge in [-0.25, -0.2) is 0 Å². The van der Waals surface area contributed by atoms with Crippen LogP contribution in [0.1, 0.15) is 23.1 Å². The Kier molecular flexibility index (Phi) is 2.70. The lowest BCUT2D eigenvalue weighted by molar-refractivity contribution is -0.138. The van der Waals surface area contributed by atoms with E-state index in [9.17, 15) is 4.79 Å². The van der Waals surface area contributed by atoms with Gasteiger partial charge < -0.3 is 15.6 Å². The summed E-state index contributed by atoms with van der Waals surface area (Å²) in [6, 6.07) is 6.47. The van der Waals surface area contributed by atoms with Gasteiger partial charge in [-0.2, -0.15) is 0 Å². The first kappa shape index (κ1) is 10.1. The van der Waals surface area contributed by atoms with Gasteiger partial charge in [-0.3, -0.25) is 4.79 Å². The Morgan fingerprint density at radius 3 is 2.80 bits per heavy atom. The molecule has 1 aliphatic rings. The summed E-state index contributed by atoms with van der Waals surface area (Å²) < 4.78 is 5.09. The van der Waals surface area contributed by atoms with Gasteiger partial charge in [0.05, 0.1) is 13.2 Å². The normalized spacial score (nSPS) is 18.2. The van der Waals surface area contributed by atoms with E-state index in [2.05, 4.69) is 0 Å². The highest BCUT2D eigenvalue weighted by molar-refractivity contribution is 5.75. The average molecular weight is 207 g/mol. The number of carboxylic acid groups (broad SMARTS) is 1. The highest BCUT2D eigenvalue weighted by Crippen LogP contribution is 2.25. The van der Waals surface area contributed by atoms with Gasteiger partial charge in [0.2, 0.25) is 0 Å². The molecule has 3 N–H and O–H groups in total. The zero-order chi connectivity index (χ0) is 10.8. The van der Waals surface area contributed by atoms with Crippen LogP contribution in [0, 0.1) is 0 Å². The number of hydrogen-bond acceptors (Lipinski definition) is 3. The van der Waals surface area contributed by atoms with Crippen molar-refractivity contribution in [1.82, 2.24) is 0 Å². The summed E-state index contributed by atoms with van der Waals surface area (Å²) in [4.78, 5) is 10.7. The molecule has 0 spiro atoms. The predicted molar refractivity (Wildman–Crippen MR) is 54.6 cm³/mol. The maximum absolute atomic E-state index is 10.7. The molecule has 1 saturated heterocycles. The molecule has 1 aliphatic heterocycles. The highest BCUT2D eigenvalue weighted by Gasteiger charge is 2.22. The summed E-state index contributed by atoms with van der Waals surface area (Å²) in [5.74, 6) is -0.608. The van der Waals surface area contributed by atoms with Gasteiger partial charge in [0.15, 0.2) is 0 Å². The fourth-order valence-electron chi connectivity index (χ4n) is 1.58. The topological polar surface area (TPSA) is 72.6 Å². The van der Waals surface area contributed by atoms with Gasteiger partial charge in [0.1, 0.15) is 6.04 Å². The molecule has 1 atom stereocenters. The number of hydrogen-bond donors (Lipinski definition) is 2. The fourth-order valence-corrected chi connectivity index (χ4v) is 1.58. The van der Waals surface area contributed by atoms with Crippen molar-refractivity contribution in [3.05, 3.63) is 35.4 Å². The quantitative estimate of drug-likeness (QED) is 0.771. The Morgan fingerprint density at radius 1 is 1.53 bits per heavy atom. The summed E-state index contributed by atoms with van der Waals surface area (Å²) in [6.07, 6.45) is 0. The summed E-state index contributed by atoms with van der Waals surface area (Å²) in [6.45, 7) is 1.43. The van der Waals surface area contributed by atoms with Crippen molar-refractivity contribution in [2.75, 3.05) is 13.2 Å². The Balaban J connectivity index is 2.21. The van der Waals surface area contributed by atoms with E-state index in [4.69, 9.17) is 15.6 Å². The number of carbonyl (C=O) groups is 1. The molecule has 2 rings (SSSR count). The monoisotopic (exact) mass is 207 g/mol. The summed E-state index contributed by atoms with van der Waals surface area (Å²) >= 11 is 0. The van der Waals surface area contributed by atoms with E-state index in [0.717, 1.165) is 5.56 Å². The number of carboxylic acids is 1. The molecule has 0 aromatic heterocycles. The van der Waals surface area contributed by atoms with Crippen molar-refractivity contribution in [3.63, 3.8) is 0 Å². The van der Waals surface area contributed by atoms with Gasteiger partial charge >= 0.3 is 5.97 Å². The van der Waals surface area contributed by atoms with E-state index in [-0.39, 0.29) is 0 Å². The molecule has 15 heavy (non-hydrogen) atoms. The molecule has 1 unspecified atom stereocenters. The van der Waals surface area contributed by atoms with Crippen molar-refractivity contribution in [2.45, 2.75) is 12.0 Å². The third-order valence-corrected chi connectivity index (χ3v) is 2.65. The standard InChI is InChI=1S/C11H13NO3/c12-10(11(13)14)8-3-1-2-7(4-8)9-5-15-6-9/h1-4,9-10H,5-6,12H2,(H,13,14). The summed E-state index contributed by atoms with van der Waals surface area (Å²) in [5.41, 5.74) is 7.29. The molecule has 0 radical (unpaired) electrons. The molecule has 4 nitrogen and oxygen atoms in total. The van der Waals surface area contributed by atoms with Crippen LogP contribution in [0.2, 0.25) is 0 Å². The van der Waals surface area contributed by atoms with E-state index >= 15 is 0 Å². The van der Waals surface area contributed by atoms with E-state index in [1.807, 2.05) is 18.2 Å². The Labute approximate surface area is 87.7 Å². The Morgan fingerprint density at radius 2 is 2.27 bits per heavy atom. The Hall–Kier alpha value is -1.39. The van der Waals surface area contributed by atoms with E-state index < -0.39 is 12.0 Å². The average Bonchev–Trinajstić information content (AvgIpc) is 2.14. The zero-order valence-electron chi connectivity index (χ0n) is 8.22. The lowest BCUT2D eigenvalue weighted by Crippen LogP contribution is -2.26. The van der Waals surface area contributed by atoms with Crippen molar-refractivity contribution in [3.8, 4) is 0 Å². The van der Waals surface area contributed by atoms with Crippen LogP contribution >= 0.6 is 0 Å². The number of rotatable bonds is 3. The van der Waals surface area contributed by atoms with Gasteiger partial charge in [-0.15, -0.1) is 0 Å². The Bertz CT molecular complexity index is 374. The van der Waals surface area contributed by atoms with Gasteiger partial charge in [-0.1, -0.05) is 24.3 Å². The van der Waals surface area contributed by atoms with Crippen LogP contribution in [-0.2, 0) is 9.53 Å². The van der Waals surface area contributed by atoms with Crippen molar-refractivity contribution in [2.24, 2.45) is 5.73 Å².